The van der Waals surface area contributed by atoms with Gasteiger partial charge in [0.05, 0.1) is 5.60 Å². The lowest BCUT2D eigenvalue weighted by Gasteiger charge is -2.36. The predicted molar refractivity (Wildman–Crippen MR) is 77.6 cm³/mol. The third-order valence-electron chi connectivity index (χ3n) is 4.17. The van der Waals surface area contributed by atoms with Gasteiger partial charge in [0, 0.05) is 25.4 Å². The second-order valence-corrected chi connectivity index (χ2v) is 6.23. The van der Waals surface area contributed by atoms with Crippen molar-refractivity contribution < 1.29 is 19.0 Å². The molecule has 1 atom stereocenters. The van der Waals surface area contributed by atoms with Crippen molar-refractivity contribution in [2.45, 2.75) is 56.6 Å². The van der Waals surface area contributed by atoms with Crippen LogP contribution in [0.2, 0.25) is 0 Å². The van der Waals surface area contributed by atoms with E-state index in [0.717, 1.165) is 12.0 Å². The van der Waals surface area contributed by atoms with Crippen molar-refractivity contribution >= 4 is 0 Å². The highest BCUT2D eigenvalue weighted by Crippen LogP contribution is 2.38. The minimum absolute atomic E-state index is 0.126. The average Bonchev–Trinajstić information content (AvgIpc) is 2.43. The van der Waals surface area contributed by atoms with Crippen LogP contribution in [0.15, 0.2) is 24.3 Å². The van der Waals surface area contributed by atoms with Crippen molar-refractivity contribution in [1.29, 1.82) is 0 Å². The van der Waals surface area contributed by atoms with E-state index in [1.165, 1.54) is 0 Å². The molecular formula is C16H23F2NO2. The molecule has 0 spiro atoms. The molecule has 3 N–H and O–H groups in total. The van der Waals surface area contributed by atoms with E-state index in [4.69, 9.17) is 0 Å². The molecule has 1 fully saturated rings. The zero-order valence-electron chi connectivity index (χ0n) is 12.3. The van der Waals surface area contributed by atoms with Crippen LogP contribution in [0.3, 0.4) is 0 Å². The maximum absolute atomic E-state index is 13.1. The standard InChI is InChI=1S/C16H23F2NO2/c1-12(10-13-2-4-14(20)5-3-13)19-11-15(21)6-8-16(17,18)9-7-15/h2-5,12,19-21H,6-11H2,1H3. The second-order valence-electron chi connectivity index (χ2n) is 6.23. The first-order valence-corrected chi connectivity index (χ1v) is 7.40. The van der Waals surface area contributed by atoms with Crippen LogP contribution in [-0.4, -0.2) is 34.3 Å². The molecule has 0 heterocycles. The smallest absolute Gasteiger partial charge is 0.248 e. The Balaban J connectivity index is 1.78. The second kappa shape index (κ2) is 6.28. The zero-order chi connectivity index (χ0) is 15.5. The molecule has 1 aromatic rings. The summed E-state index contributed by atoms with van der Waals surface area (Å²) < 4.78 is 26.2. The molecule has 1 saturated carbocycles. The number of rotatable bonds is 5. The number of phenols is 1. The van der Waals surface area contributed by atoms with Gasteiger partial charge in [0.15, 0.2) is 0 Å². The molecule has 0 bridgehead atoms. The zero-order valence-corrected chi connectivity index (χ0v) is 12.3. The van der Waals surface area contributed by atoms with Crippen molar-refractivity contribution in [3.05, 3.63) is 29.8 Å². The Labute approximate surface area is 124 Å². The highest BCUT2D eigenvalue weighted by molar-refractivity contribution is 5.26. The Hall–Kier alpha value is -1.20. The SMILES string of the molecule is CC(Cc1ccc(O)cc1)NCC1(O)CCC(F)(F)CC1. The molecule has 1 unspecified atom stereocenters. The van der Waals surface area contributed by atoms with Gasteiger partial charge < -0.3 is 15.5 Å². The largest absolute Gasteiger partial charge is 0.508 e. The summed E-state index contributed by atoms with van der Waals surface area (Å²) in [6, 6.07) is 7.10. The van der Waals surface area contributed by atoms with Crippen LogP contribution in [0.1, 0.15) is 38.2 Å². The molecular weight excluding hydrogens is 276 g/mol. The fourth-order valence-corrected chi connectivity index (χ4v) is 2.68. The minimum atomic E-state index is -2.62. The van der Waals surface area contributed by atoms with E-state index in [1.807, 2.05) is 19.1 Å². The Morgan fingerprint density at radius 1 is 1.14 bits per heavy atom. The van der Waals surface area contributed by atoms with Gasteiger partial charge >= 0.3 is 0 Å². The molecule has 0 amide bonds. The van der Waals surface area contributed by atoms with E-state index in [2.05, 4.69) is 5.32 Å². The van der Waals surface area contributed by atoms with Crippen LogP contribution < -0.4 is 5.32 Å². The van der Waals surface area contributed by atoms with Crippen LogP contribution in [0.25, 0.3) is 0 Å². The maximum Gasteiger partial charge on any atom is 0.248 e. The van der Waals surface area contributed by atoms with Gasteiger partial charge in [-0.05, 0) is 43.9 Å². The van der Waals surface area contributed by atoms with Crippen LogP contribution in [-0.2, 0) is 6.42 Å². The third kappa shape index (κ3) is 4.93. The number of benzene rings is 1. The highest BCUT2D eigenvalue weighted by atomic mass is 19.3. The predicted octanol–water partition coefficient (Wildman–Crippen LogP) is 2.85. The monoisotopic (exact) mass is 299 g/mol. The summed E-state index contributed by atoms with van der Waals surface area (Å²) in [7, 11) is 0. The lowest BCUT2D eigenvalue weighted by atomic mass is 9.82. The van der Waals surface area contributed by atoms with E-state index in [-0.39, 0.29) is 37.5 Å². The molecule has 2 rings (SSSR count). The first kappa shape index (κ1) is 16.2. The van der Waals surface area contributed by atoms with Crippen molar-refractivity contribution in [3.63, 3.8) is 0 Å². The lowest BCUT2D eigenvalue weighted by Crippen LogP contribution is -2.48. The number of nitrogens with one attached hydrogen (secondary N) is 1. The third-order valence-corrected chi connectivity index (χ3v) is 4.17. The van der Waals surface area contributed by atoms with E-state index < -0.39 is 11.5 Å². The van der Waals surface area contributed by atoms with Crippen LogP contribution in [0.4, 0.5) is 8.78 Å². The van der Waals surface area contributed by atoms with Gasteiger partial charge in [-0.1, -0.05) is 12.1 Å². The molecule has 3 nitrogen and oxygen atoms in total. The summed E-state index contributed by atoms with van der Waals surface area (Å²) in [6.07, 6.45) is 0.555. The molecule has 0 aliphatic heterocycles. The van der Waals surface area contributed by atoms with Crippen LogP contribution in [0.5, 0.6) is 5.75 Å². The van der Waals surface area contributed by atoms with E-state index in [9.17, 15) is 19.0 Å². The first-order chi connectivity index (χ1) is 9.78. The molecule has 0 saturated heterocycles. The van der Waals surface area contributed by atoms with E-state index in [0.29, 0.717) is 6.54 Å². The number of hydrogen-bond donors (Lipinski definition) is 3. The average molecular weight is 299 g/mol. The molecule has 0 radical (unpaired) electrons. The van der Waals surface area contributed by atoms with Gasteiger partial charge in [-0.2, -0.15) is 0 Å². The van der Waals surface area contributed by atoms with Gasteiger partial charge in [-0.15, -0.1) is 0 Å². The molecule has 5 heteroatoms. The maximum atomic E-state index is 13.1. The summed E-state index contributed by atoms with van der Waals surface area (Å²) >= 11 is 0. The normalized spacial score (nSPS) is 21.9. The summed E-state index contributed by atoms with van der Waals surface area (Å²) in [4.78, 5) is 0. The van der Waals surface area contributed by atoms with Crippen molar-refractivity contribution in [2.75, 3.05) is 6.54 Å². The van der Waals surface area contributed by atoms with E-state index >= 15 is 0 Å². The van der Waals surface area contributed by atoms with Crippen molar-refractivity contribution in [2.24, 2.45) is 0 Å². The lowest BCUT2D eigenvalue weighted by molar-refractivity contribution is -0.102. The number of phenolic OH excluding ortho intramolecular Hbond substituents is 1. The summed E-state index contributed by atoms with van der Waals surface area (Å²) in [6.45, 7) is 2.33. The molecule has 118 valence electrons. The van der Waals surface area contributed by atoms with E-state index in [1.54, 1.807) is 12.1 Å². The molecule has 1 aromatic carbocycles. The molecule has 1 aliphatic carbocycles. The summed E-state index contributed by atoms with van der Waals surface area (Å²) in [5.41, 5.74) is 0.0558. The fourth-order valence-electron chi connectivity index (χ4n) is 2.68. The number of hydrogen-bond acceptors (Lipinski definition) is 3. The van der Waals surface area contributed by atoms with Crippen LogP contribution >= 0.6 is 0 Å². The Morgan fingerprint density at radius 2 is 1.71 bits per heavy atom. The first-order valence-electron chi connectivity index (χ1n) is 7.40. The van der Waals surface area contributed by atoms with Gasteiger partial charge in [0.25, 0.3) is 0 Å². The number of aromatic hydroxyl groups is 1. The quantitative estimate of drug-likeness (QED) is 0.783. The number of halogens is 2. The van der Waals surface area contributed by atoms with Gasteiger partial charge in [-0.3, -0.25) is 0 Å². The molecule has 0 aromatic heterocycles. The van der Waals surface area contributed by atoms with Gasteiger partial charge in [0.1, 0.15) is 5.75 Å². The Morgan fingerprint density at radius 3 is 2.29 bits per heavy atom. The Bertz CT molecular complexity index is 452. The summed E-state index contributed by atoms with van der Waals surface area (Å²) in [5, 5.41) is 22.8. The molecule has 1 aliphatic rings. The van der Waals surface area contributed by atoms with Gasteiger partial charge in [0.2, 0.25) is 5.92 Å². The van der Waals surface area contributed by atoms with Crippen molar-refractivity contribution in [3.8, 4) is 5.75 Å². The van der Waals surface area contributed by atoms with Gasteiger partial charge in [-0.25, -0.2) is 8.78 Å². The topological polar surface area (TPSA) is 52.5 Å². The summed E-state index contributed by atoms with van der Waals surface area (Å²) in [5.74, 6) is -2.39. The fraction of sp³-hybridized carbons (Fsp3) is 0.625. The Kier molecular flexibility index (Phi) is 4.84. The number of aliphatic hydroxyl groups is 1. The van der Waals surface area contributed by atoms with Crippen LogP contribution in [0, 0.1) is 0 Å². The highest BCUT2D eigenvalue weighted by Gasteiger charge is 2.42. The minimum Gasteiger partial charge on any atom is -0.508 e. The van der Waals surface area contributed by atoms with Crippen molar-refractivity contribution in [1.82, 2.24) is 5.32 Å². The number of alkyl halides is 2. The molecule has 21 heavy (non-hydrogen) atoms.